The Kier molecular flexibility index (Phi) is 3.12. The van der Waals surface area contributed by atoms with Gasteiger partial charge in [-0.2, -0.15) is 0 Å². The number of anilines is 1. The number of fused-ring (bicyclic) bond motifs is 1. The molecule has 0 aromatic heterocycles. The molecule has 1 aromatic carbocycles. The van der Waals surface area contributed by atoms with Crippen LogP contribution in [0.25, 0.3) is 0 Å². The van der Waals surface area contributed by atoms with Crippen LogP contribution in [0, 0.1) is 6.92 Å². The van der Waals surface area contributed by atoms with Crippen LogP contribution in [-0.2, 0) is 19.2 Å². The fourth-order valence-electron chi connectivity index (χ4n) is 3.24. The minimum absolute atomic E-state index is 0.153. The smallest absolute Gasteiger partial charge is 0.266 e. The van der Waals surface area contributed by atoms with E-state index in [-0.39, 0.29) is 29.0 Å². The maximum atomic E-state index is 12.8. The molecule has 4 amide bonds. The Hall–Kier alpha value is -3.28. The molecule has 1 aromatic rings. The Morgan fingerprint density at radius 3 is 2.16 bits per heavy atom. The van der Waals surface area contributed by atoms with Crippen molar-refractivity contribution in [1.82, 2.24) is 4.90 Å². The van der Waals surface area contributed by atoms with Gasteiger partial charge in [-0.15, -0.1) is 0 Å². The molecule has 6 nitrogen and oxygen atoms in total. The van der Waals surface area contributed by atoms with Crippen LogP contribution in [0.3, 0.4) is 0 Å². The maximum absolute atomic E-state index is 12.8. The molecule has 4 rings (SSSR count). The van der Waals surface area contributed by atoms with E-state index in [1.807, 2.05) is 19.1 Å². The first kappa shape index (κ1) is 15.3. The van der Waals surface area contributed by atoms with E-state index >= 15 is 0 Å². The Bertz CT molecular complexity index is 964. The standard InChI is InChI=1S/C19H14N2O4/c1-10-3-5-11(6-4-10)21-18(24)13-8-7-12-14(9-15(13)19(21)25)17(23)20(2)16(12)22/h3-6,8-9H,7H2,1-2H3. The molecule has 2 heterocycles. The molecular weight excluding hydrogens is 320 g/mol. The predicted molar refractivity (Wildman–Crippen MR) is 89.3 cm³/mol. The summed E-state index contributed by atoms with van der Waals surface area (Å²) >= 11 is 0. The molecule has 0 spiro atoms. The molecule has 1 aliphatic carbocycles. The summed E-state index contributed by atoms with van der Waals surface area (Å²) in [6.07, 6.45) is 3.10. The first-order valence-electron chi connectivity index (χ1n) is 7.83. The van der Waals surface area contributed by atoms with Crippen LogP contribution >= 0.6 is 0 Å². The number of hydrogen-bond acceptors (Lipinski definition) is 4. The maximum Gasteiger partial charge on any atom is 0.266 e. The van der Waals surface area contributed by atoms with Crippen molar-refractivity contribution < 1.29 is 19.2 Å². The number of aryl methyl sites for hydroxylation is 1. The molecule has 124 valence electrons. The Balaban J connectivity index is 1.81. The lowest BCUT2D eigenvalue weighted by atomic mass is 10.1. The fourth-order valence-corrected chi connectivity index (χ4v) is 3.24. The topological polar surface area (TPSA) is 74.8 Å². The van der Waals surface area contributed by atoms with Crippen molar-refractivity contribution in [3.63, 3.8) is 0 Å². The van der Waals surface area contributed by atoms with Crippen molar-refractivity contribution in [3.05, 3.63) is 64.3 Å². The molecule has 25 heavy (non-hydrogen) atoms. The molecule has 0 atom stereocenters. The second kappa shape index (κ2) is 5.11. The van der Waals surface area contributed by atoms with E-state index in [9.17, 15) is 19.2 Å². The summed E-state index contributed by atoms with van der Waals surface area (Å²) in [6, 6.07) is 7.06. The number of nitrogens with zero attached hydrogens (tertiary/aromatic N) is 2. The molecule has 0 N–H and O–H groups in total. The van der Waals surface area contributed by atoms with Crippen molar-refractivity contribution in [2.45, 2.75) is 13.3 Å². The Morgan fingerprint density at radius 1 is 0.840 bits per heavy atom. The van der Waals surface area contributed by atoms with Gasteiger partial charge < -0.3 is 0 Å². The molecule has 1 saturated heterocycles. The Labute approximate surface area is 143 Å². The molecule has 3 aliphatic rings. The van der Waals surface area contributed by atoms with Crippen LogP contribution in [0.15, 0.2) is 58.7 Å². The molecular formula is C19H14N2O4. The largest absolute Gasteiger partial charge is 0.278 e. The first-order chi connectivity index (χ1) is 11.9. The van der Waals surface area contributed by atoms with Gasteiger partial charge >= 0.3 is 0 Å². The highest BCUT2D eigenvalue weighted by Gasteiger charge is 2.43. The normalized spacial score (nSPS) is 19.9. The quantitative estimate of drug-likeness (QED) is 0.728. The summed E-state index contributed by atoms with van der Waals surface area (Å²) in [5.74, 6) is -1.75. The number of benzene rings is 1. The average Bonchev–Trinajstić information content (AvgIpc) is 2.86. The Morgan fingerprint density at radius 2 is 1.48 bits per heavy atom. The van der Waals surface area contributed by atoms with E-state index in [1.54, 1.807) is 18.2 Å². The summed E-state index contributed by atoms with van der Waals surface area (Å²) in [7, 11) is 1.41. The minimum atomic E-state index is -0.483. The summed E-state index contributed by atoms with van der Waals surface area (Å²) in [6.45, 7) is 1.92. The van der Waals surface area contributed by atoms with Gasteiger partial charge in [0.15, 0.2) is 0 Å². The molecule has 0 radical (unpaired) electrons. The van der Waals surface area contributed by atoms with Gasteiger partial charge in [-0.1, -0.05) is 23.8 Å². The van der Waals surface area contributed by atoms with E-state index in [2.05, 4.69) is 0 Å². The van der Waals surface area contributed by atoms with Gasteiger partial charge in [0.05, 0.1) is 11.3 Å². The van der Waals surface area contributed by atoms with E-state index in [0.29, 0.717) is 11.3 Å². The van der Waals surface area contributed by atoms with Gasteiger partial charge in [0.1, 0.15) is 0 Å². The highest BCUT2D eigenvalue weighted by Crippen LogP contribution is 2.36. The van der Waals surface area contributed by atoms with Gasteiger partial charge in [-0.3, -0.25) is 24.1 Å². The minimum Gasteiger partial charge on any atom is -0.278 e. The lowest BCUT2D eigenvalue weighted by Crippen LogP contribution is -2.29. The number of likely N-dealkylation sites (N-methyl/N-ethyl adjacent to an activating group) is 1. The summed E-state index contributed by atoms with van der Waals surface area (Å²) < 4.78 is 0. The summed E-state index contributed by atoms with van der Waals surface area (Å²) in [4.78, 5) is 52.0. The van der Waals surface area contributed by atoms with Crippen molar-refractivity contribution in [2.24, 2.45) is 0 Å². The van der Waals surface area contributed by atoms with Crippen molar-refractivity contribution in [3.8, 4) is 0 Å². The zero-order chi connectivity index (χ0) is 17.9. The third-order valence-corrected chi connectivity index (χ3v) is 4.67. The van der Waals surface area contributed by atoms with E-state index in [4.69, 9.17) is 0 Å². The molecule has 1 fully saturated rings. The number of carbonyl (C=O) groups is 4. The second-order valence-electron chi connectivity index (χ2n) is 6.22. The molecule has 6 heteroatoms. The van der Waals surface area contributed by atoms with E-state index < -0.39 is 17.7 Å². The molecule has 0 saturated carbocycles. The van der Waals surface area contributed by atoms with Gasteiger partial charge in [-0.05, 0) is 31.6 Å². The number of imide groups is 2. The lowest BCUT2D eigenvalue weighted by molar-refractivity contribution is -0.135. The van der Waals surface area contributed by atoms with E-state index in [1.165, 1.54) is 13.1 Å². The van der Waals surface area contributed by atoms with Gasteiger partial charge in [0.2, 0.25) is 0 Å². The summed E-state index contributed by atoms with van der Waals surface area (Å²) in [5, 5.41) is 0. The third-order valence-electron chi connectivity index (χ3n) is 4.67. The highest BCUT2D eigenvalue weighted by atomic mass is 16.2. The number of carbonyl (C=O) groups excluding carboxylic acids is 4. The van der Waals surface area contributed by atoms with Crippen LogP contribution in [0.1, 0.15) is 12.0 Å². The lowest BCUT2D eigenvalue weighted by Gasteiger charge is -2.13. The summed E-state index contributed by atoms with van der Waals surface area (Å²) in [5.41, 5.74) is 2.42. The predicted octanol–water partition coefficient (Wildman–Crippen LogP) is 1.42. The SMILES string of the molecule is Cc1ccc(N2C(=O)C3=CCC4=C(C=C3C2=O)C(=O)N(C)C4=O)cc1. The first-order valence-corrected chi connectivity index (χ1v) is 7.83. The van der Waals surface area contributed by atoms with Crippen molar-refractivity contribution in [2.75, 3.05) is 11.9 Å². The van der Waals surface area contributed by atoms with Crippen molar-refractivity contribution in [1.29, 1.82) is 0 Å². The van der Waals surface area contributed by atoms with E-state index in [0.717, 1.165) is 15.4 Å². The number of amides is 4. The van der Waals surface area contributed by atoms with Crippen molar-refractivity contribution >= 4 is 29.3 Å². The van der Waals surface area contributed by atoms with Gasteiger partial charge in [0, 0.05) is 23.8 Å². The van der Waals surface area contributed by atoms with Gasteiger partial charge in [0.25, 0.3) is 23.6 Å². The fraction of sp³-hybridized carbons (Fsp3) is 0.158. The average molecular weight is 334 g/mol. The zero-order valence-corrected chi connectivity index (χ0v) is 13.7. The zero-order valence-electron chi connectivity index (χ0n) is 13.7. The van der Waals surface area contributed by atoms with Crippen LogP contribution in [0.2, 0.25) is 0 Å². The van der Waals surface area contributed by atoms with Gasteiger partial charge in [-0.25, -0.2) is 4.90 Å². The van der Waals surface area contributed by atoms with Crippen LogP contribution in [0.5, 0.6) is 0 Å². The van der Waals surface area contributed by atoms with Crippen LogP contribution in [-0.4, -0.2) is 35.6 Å². The third kappa shape index (κ3) is 2.04. The number of allylic oxidation sites excluding steroid dienone is 1. The molecule has 0 unspecified atom stereocenters. The van der Waals surface area contributed by atoms with Crippen LogP contribution < -0.4 is 4.90 Å². The van der Waals surface area contributed by atoms with Crippen LogP contribution in [0.4, 0.5) is 5.69 Å². The number of hydrogen-bond donors (Lipinski definition) is 0. The number of rotatable bonds is 1. The monoisotopic (exact) mass is 334 g/mol. The highest BCUT2D eigenvalue weighted by molar-refractivity contribution is 6.38. The second-order valence-corrected chi connectivity index (χ2v) is 6.22. The molecule has 2 aliphatic heterocycles. The molecule has 0 bridgehead atoms.